The van der Waals surface area contributed by atoms with E-state index in [9.17, 15) is 9.50 Å². The summed E-state index contributed by atoms with van der Waals surface area (Å²) in [5.41, 5.74) is 0.887. The summed E-state index contributed by atoms with van der Waals surface area (Å²) in [7, 11) is 1.45. The summed E-state index contributed by atoms with van der Waals surface area (Å²) in [6.45, 7) is 3.61. The first-order valence-electron chi connectivity index (χ1n) is 6.15. The van der Waals surface area contributed by atoms with E-state index < -0.39 is 0 Å². The lowest BCUT2D eigenvalue weighted by molar-refractivity contribution is 0.110. The average Bonchev–Trinajstić information content (AvgIpc) is 2.42. The molecule has 0 radical (unpaired) electrons. The molecule has 0 aromatic heterocycles. The van der Waals surface area contributed by atoms with Gasteiger partial charge in [0.1, 0.15) is 0 Å². The van der Waals surface area contributed by atoms with Crippen molar-refractivity contribution in [2.75, 3.05) is 39.9 Å². The summed E-state index contributed by atoms with van der Waals surface area (Å²) in [4.78, 5) is 2.20. The Morgan fingerprint density at radius 3 is 2.78 bits per heavy atom. The van der Waals surface area contributed by atoms with Crippen molar-refractivity contribution < 1.29 is 14.2 Å². The highest BCUT2D eigenvalue weighted by molar-refractivity contribution is 5.32. The van der Waals surface area contributed by atoms with Gasteiger partial charge in [0.2, 0.25) is 0 Å². The van der Waals surface area contributed by atoms with Crippen LogP contribution in [0.25, 0.3) is 0 Å². The van der Waals surface area contributed by atoms with Gasteiger partial charge in [-0.1, -0.05) is 6.07 Å². The van der Waals surface area contributed by atoms with Crippen molar-refractivity contribution in [2.24, 2.45) is 0 Å². The van der Waals surface area contributed by atoms with E-state index in [1.807, 2.05) is 0 Å². The minimum absolute atomic E-state index is 0.0226. The van der Waals surface area contributed by atoms with Gasteiger partial charge in [0.15, 0.2) is 11.6 Å². The van der Waals surface area contributed by atoms with Crippen molar-refractivity contribution in [1.29, 1.82) is 0 Å². The molecule has 0 unspecified atom stereocenters. The Bertz CT molecular complexity index is 395. The summed E-state index contributed by atoms with van der Waals surface area (Å²) in [5, 5.41) is 12.8. The third-order valence-corrected chi connectivity index (χ3v) is 3.33. The smallest absolute Gasteiger partial charge is 0.165 e. The Kier molecular flexibility index (Phi) is 4.52. The Morgan fingerprint density at radius 2 is 2.17 bits per heavy atom. The normalized spacial score (nSPS) is 18.6. The zero-order chi connectivity index (χ0) is 13.0. The zero-order valence-corrected chi connectivity index (χ0v) is 10.5. The molecule has 1 saturated heterocycles. The fraction of sp³-hybridized carbons (Fsp3) is 0.538. The lowest BCUT2D eigenvalue weighted by Gasteiger charge is -2.34. The maximum Gasteiger partial charge on any atom is 0.165 e. The molecule has 1 aromatic rings. The van der Waals surface area contributed by atoms with Gasteiger partial charge >= 0.3 is 0 Å². The predicted molar refractivity (Wildman–Crippen MR) is 67.2 cm³/mol. The Hall–Kier alpha value is -1.17. The number of nitrogens with zero attached hydrogens (tertiary/aromatic N) is 1. The van der Waals surface area contributed by atoms with Crippen LogP contribution in [-0.2, 0) is 0 Å². The molecule has 1 atom stereocenters. The molecule has 1 fully saturated rings. The van der Waals surface area contributed by atoms with Crippen LogP contribution in [0.4, 0.5) is 4.39 Å². The van der Waals surface area contributed by atoms with Crippen molar-refractivity contribution >= 4 is 0 Å². The van der Waals surface area contributed by atoms with Gasteiger partial charge in [0.05, 0.1) is 19.8 Å². The van der Waals surface area contributed by atoms with Gasteiger partial charge in [-0.25, -0.2) is 4.39 Å². The second-order valence-electron chi connectivity index (χ2n) is 4.38. The van der Waals surface area contributed by atoms with Gasteiger partial charge in [-0.3, -0.25) is 4.90 Å². The Labute approximate surface area is 106 Å². The number of ether oxygens (including phenoxy) is 1. The van der Waals surface area contributed by atoms with E-state index in [1.165, 1.54) is 13.2 Å². The SMILES string of the molecule is COc1cc([C@@H](CO)N2CCNCC2)ccc1F. The van der Waals surface area contributed by atoms with Crippen LogP contribution in [0.15, 0.2) is 18.2 Å². The number of hydrogen-bond donors (Lipinski definition) is 2. The Morgan fingerprint density at radius 1 is 1.44 bits per heavy atom. The van der Waals surface area contributed by atoms with E-state index in [2.05, 4.69) is 10.2 Å². The molecule has 0 aliphatic carbocycles. The summed E-state index contributed by atoms with van der Waals surface area (Å²) in [6, 6.07) is 4.67. The number of rotatable bonds is 4. The van der Waals surface area contributed by atoms with Crippen LogP contribution in [-0.4, -0.2) is 49.9 Å². The number of piperazine rings is 1. The molecule has 2 N–H and O–H groups in total. The fourth-order valence-electron chi connectivity index (χ4n) is 2.31. The highest BCUT2D eigenvalue weighted by Gasteiger charge is 2.22. The molecule has 1 aliphatic heterocycles. The quantitative estimate of drug-likeness (QED) is 0.833. The largest absolute Gasteiger partial charge is 0.494 e. The fourth-order valence-corrected chi connectivity index (χ4v) is 2.31. The summed E-state index contributed by atoms with van der Waals surface area (Å²) in [5.74, 6) is -0.153. The van der Waals surface area contributed by atoms with Gasteiger partial charge in [-0.05, 0) is 17.7 Å². The minimum atomic E-state index is -0.377. The van der Waals surface area contributed by atoms with Crippen molar-refractivity contribution in [3.63, 3.8) is 0 Å². The molecule has 18 heavy (non-hydrogen) atoms. The van der Waals surface area contributed by atoms with Crippen molar-refractivity contribution in [2.45, 2.75) is 6.04 Å². The van der Waals surface area contributed by atoms with E-state index in [0.29, 0.717) is 0 Å². The first-order valence-corrected chi connectivity index (χ1v) is 6.15. The lowest BCUT2D eigenvalue weighted by atomic mass is 10.0. The molecule has 0 amide bonds. The number of benzene rings is 1. The van der Waals surface area contributed by atoms with E-state index in [0.717, 1.165) is 31.7 Å². The van der Waals surface area contributed by atoms with E-state index >= 15 is 0 Å². The molecule has 1 aliphatic rings. The maximum atomic E-state index is 13.4. The van der Waals surface area contributed by atoms with Crippen molar-refractivity contribution in [3.05, 3.63) is 29.6 Å². The third-order valence-electron chi connectivity index (χ3n) is 3.33. The zero-order valence-electron chi connectivity index (χ0n) is 10.5. The molecule has 1 aromatic carbocycles. The lowest BCUT2D eigenvalue weighted by Crippen LogP contribution is -2.46. The number of methoxy groups -OCH3 is 1. The topological polar surface area (TPSA) is 44.7 Å². The van der Waals surface area contributed by atoms with Gasteiger partial charge in [0, 0.05) is 26.2 Å². The first kappa shape index (κ1) is 13.3. The van der Waals surface area contributed by atoms with Crippen LogP contribution < -0.4 is 10.1 Å². The van der Waals surface area contributed by atoms with Gasteiger partial charge in [0.25, 0.3) is 0 Å². The summed E-state index contributed by atoms with van der Waals surface area (Å²) in [6.07, 6.45) is 0. The van der Waals surface area contributed by atoms with Gasteiger partial charge < -0.3 is 15.2 Å². The molecule has 4 nitrogen and oxygen atoms in total. The first-order chi connectivity index (χ1) is 8.76. The predicted octanol–water partition coefficient (Wildman–Crippen LogP) is 0.773. The number of halogens is 1. The van der Waals surface area contributed by atoms with E-state index in [4.69, 9.17) is 4.74 Å². The minimum Gasteiger partial charge on any atom is -0.494 e. The van der Waals surface area contributed by atoms with Gasteiger partial charge in [-0.15, -0.1) is 0 Å². The van der Waals surface area contributed by atoms with Crippen molar-refractivity contribution in [3.8, 4) is 5.75 Å². The Balaban J connectivity index is 2.20. The number of hydrogen-bond acceptors (Lipinski definition) is 4. The van der Waals surface area contributed by atoms with Crippen LogP contribution in [0, 0.1) is 5.82 Å². The summed E-state index contributed by atoms with van der Waals surface area (Å²) < 4.78 is 18.3. The van der Waals surface area contributed by atoms with Gasteiger partial charge in [-0.2, -0.15) is 0 Å². The highest BCUT2D eigenvalue weighted by Crippen LogP contribution is 2.26. The molecule has 0 bridgehead atoms. The molecule has 0 spiro atoms. The van der Waals surface area contributed by atoms with E-state index in [1.54, 1.807) is 12.1 Å². The highest BCUT2D eigenvalue weighted by atomic mass is 19.1. The van der Waals surface area contributed by atoms with Crippen LogP contribution >= 0.6 is 0 Å². The molecular weight excluding hydrogens is 235 g/mol. The standard InChI is InChI=1S/C13H19FN2O2/c1-18-13-8-10(2-3-11(13)14)12(9-17)16-6-4-15-5-7-16/h2-3,8,12,15,17H,4-7,9H2,1H3/t12-/m1/s1. The molecule has 0 saturated carbocycles. The third kappa shape index (κ3) is 2.80. The van der Waals surface area contributed by atoms with Crippen molar-refractivity contribution in [1.82, 2.24) is 10.2 Å². The van der Waals surface area contributed by atoms with Crippen LogP contribution in [0.1, 0.15) is 11.6 Å². The average molecular weight is 254 g/mol. The van der Waals surface area contributed by atoms with Crippen LogP contribution in [0.2, 0.25) is 0 Å². The molecule has 2 rings (SSSR count). The van der Waals surface area contributed by atoms with Crippen LogP contribution in [0.3, 0.4) is 0 Å². The monoisotopic (exact) mass is 254 g/mol. The van der Waals surface area contributed by atoms with Crippen LogP contribution in [0.5, 0.6) is 5.75 Å². The second-order valence-corrected chi connectivity index (χ2v) is 4.38. The molecule has 100 valence electrons. The molecule has 5 heteroatoms. The number of nitrogens with one attached hydrogen (secondary N) is 1. The molecular formula is C13H19FN2O2. The maximum absolute atomic E-state index is 13.4. The molecule has 1 heterocycles. The second kappa shape index (κ2) is 6.13. The summed E-state index contributed by atoms with van der Waals surface area (Å²) >= 11 is 0. The van der Waals surface area contributed by atoms with E-state index in [-0.39, 0.29) is 24.2 Å². The number of aliphatic hydroxyl groups is 1. The number of aliphatic hydroxyl groups excluding tert-OH is 1.